The highest BCUT2D eigenvalue weighted by molar-refractivity contribution is 5.80. The minimum Gasteiger partial charge on any atom is -0.467 e. The molecular formula is C11H14N2O4. The molecule has 1 N–H and O–H groups in total. The fraction of sp³-hybridized carbons (Fsp3) is 0.364. The van der Waals surface area contributed by atoms with Gasteiger partial charge < -0.3 is 10.1 Å². The maximum Gasteiger partial charge on any atom is 0.327 e. The lowest BCUT2D eigenvalue weighted by Crippen LogP contribution is -2.27. The van der Waals surface area contributed by atoms with E-state index in [0.29, 0.717) is 11.3 Å². The second-order valence-corrected chi connectivity index (χ2v) is 3.62. The zero-order valence-electron chi connectivity index (χ0n) is 9.89. The number of esters is 1. The van der Waals surface area contributed by atoms with Gasteiger partial charge in [-0.05, 0) is 19.9 Å². The fourth-order valence-electron chi connectivity index (χ4n) is 1.49. The number of anilines is 1. The summed E-state index contributed by atoms with van der Waals surface area (Å²) in [6.45, 7) is 3.23. The van der Waals surface area contributed by atoms with Crippen LogP contribution in [0.25, 0.3) is 0 Å². The number of nitro benzene ring substituents is 1. The number of rotatable bonds is 4. The van der Waals surface area contributed by atoms with E-state index in [2.05, 4.69) is 10.1 Å². The van der Waals surface area contributed by atoms with Gasteiger partial charge in [-0.15, -0.1) is 0 Å². The molecular weight excluding hydrogens is 224 g/mol. The summed E-state index contributed by atoms with van der Waals surface area (Å²) in [6, 6.07) is 4.26. The van der Waals surface area contributed by atoms with Gasteiger partial charge in [0.2, 0.25) is 0 Å². The number of benzene rings is 1. The highest BCUT2D eigenvalue weighted by atomic mass is 16.6. The largest absolute Gasteiger partial charge is 0.467 e. The van der Waals surface area contributed by atoms with Crippen LogP contribution in [0.4, 0.5) is 11.4 Å². The molecule has 1 atom stereocenters. The number of methoxy groups -OCH3 is 1. The number of carbonyl (C=O) groups is 1. The monoisotopic (exact) mass is 238 g/mol. The molecule has 1 rings (SSSR count). The topological polar surface area (TPSA) is 81.5 Å². The number of nitrogens with one attached hydrogen (secondary N) is 1. The van der Waals surface area contributed by atoms with E-state index in [1.165, 1.54) is 7.11 Å². The molecule has 1 aromatic carbocycles. The molecule has 0 radical (unpaired) electrons. The normalized spacial score (nSPS) is 11.7. The van der Waals surface area contributed by atoms with Crippen LogP contribution in [-0.2, 0) is 9.53 Å². The first-order valence-corrected chi connectivity index (χ1v) is 5.05. The third kappa shape index (κ3) is 2.93. The molecule has 0 bridgehead atoms. The van der Waals surface area contributed by atoms with Gasteiger partial charge in [0.15, 0.2) is 0 Å². The number of carbonyl (C=O) groups excluding carboxylic acids is 1. The average molecular weight is 238 g/mol. The molecule has 0 amide bonds. The van der Waals surface area contributed by atoms with Crippen molar-refractivity contribution in [1.82, 2.24) is 0 Å². The van der Waals surface area contributed by atoms with E-state index in [0.717, 1.165) is 0 Å². The second kappa shape index (κ2) is 5.29. The first-order valence-electron chi connectivity index (χ1n) is 5.05. The van der Waals surface area contributed by atoms with Crippen molar-refractivity contribution in [2.24, 2.45) is 0 Å². The highest BCUT2D eigenvalue weighted by Crippen LogP contribution is 2.28. The summed E-state index contributed by atoms with van der Waals surface area (Å²) in [4.78, 5) is 21.7. The first kappa shape index (κ1) is 13.0. The molecule has 0 aromatic heterocycles. The molecule has 6 nitrogen and oxygen atoms in total. The molecule has 17 heavy (non-hydrogen) atoms. The van der Waals surface area contributed by atoms with E-state index in [1.54, 1.807) is 32.0 Å². The number of hydrogen-bond acceptors (Lipinski definition) is 5. The summed E-state index contributed by atoms with van der Waals surface area (Å²) in [5, 5.41) is 13.7. The number of ether oxygens (including phenoxy) is 1. The average Bonchev–Trinajstić information content (AvgIpc) is 2.27. The van der Waals surface area contributed by atoms with Gasteiger partial charge in [-0.3, -0.25) is 10.1 Å². The standard InChI is InChI=1S/C11H14N2O4/c1-7-5-4-6-9(10(7)13(15)16)12-8(2)11(14)17-3/h4-6,8,12H,1-3H3. The third-order valence-corrected chi connectivity index (χ3v) is 2.35. The summed E-state index contributed by atoms with van der Waals surface area (Å²) < 4.78 is 4.54. The molecule has 0 aliphatic heterocycles. The summed E-state index contributed by atoms with van der Waals surface area (Å²) in [7, 11) is 1.27. The second-order valence-electron chi connectivity index (χ2n) is 3.62. The Balaban J connectivity index is 3.02. The van der Waals surface area contributed by atoms with Crippen LogP contribution >= 0.6 is 0 Å². The summed E-state index contributed by atoms with van der Waals surface area (Å²) in [6.07, 6.45) is 0. The molecule has 0 fully saturated rings. The van der Waals surface area contributed by atoms with Crippen molar-refractivity contribution < 1.29 is 14.5 Å². The molecule has 0 saturated heterocycles. The lowest BCUT2D eigenvalue weighted by molar-refractivity contribution is -0.384. The predicted octanol–water partition coefficient (Wildman–Crippen LogP) is 1.88. The minimum atomic E-state index is -0.638. The van der Waals surface area contributed by atoms with Crippen molar-refractivity contribution in [3.05, 3.63) is 33.9 Å². The number of para-hydroxylation sites is 1. The molecule has 1 aromatic rings. The highest BCUT2D eigenvalue weighted by Gasteiger charge is 2.20. The molecule has 0 aliphatic carbocycles. The molecule has 6 heteroatoms. The summed E-state index contributed by atoms with van der Waals surface area (Å²) in [5.74, 6) is -0.471. The summed E-state index contributed by atoms with van der Waals surface area (Å²) in [5.41, 5.74) is 0.827. The van der Waals surface area contributed by atoms with Gasteiger partial charge in [0.1, 0.15) is 11.7 Å². The lowest BCUT2D eigenvalue weighted by atomic mass is 10.1. The van der Waals surface area contributed by atoms with E-state index in [9.17, 15) is 14.9 Å². The minimum absolute atomic E-state index is 0.0248. The van der Waals surface area contributed by atoms with Crippen LogP contribution in [0, 0.1) is 17.0 Å². The number of nitrogens with zero attached hydrogens (tertiary/aromatic N) is 1. The van der Waals surface area contributed by atoms with E-state index in [4.69, 9.17) is 0 Å². The smallest absolute Gasteiger partial charge is 0.327 e. The SMILES string of the molecule is COC(=O)C(C)Nc1cccc(C)c1[N+](=O)[O-]. The van der Waals surface area contributed by atoms with Crippen LogP contribution < -0.4 is 5.32 Å². The summed E-state index contributed by atoms with van der Waals surface area (Å²) >= 11 is 0. The van der Waals surface area contributed by atoms with Crippen molar-refractivity contribution in [2.75, 3.05) is 12.4 Å². The van der Waals surface area contributed by atoms with Crippen LogP contribution in [0.5, 0.6) is 0 Å². The zero-order chi connectivity index (χ0) is 13.0. The first-order chi connectivity index (χ1) is 7.97. The Morgan fingerprint density at radius 1 is 1.53 bits per heavy atom. The molecule has 0 heterocycles. The van der Waals surface area contributed by atoms with Crippen molar-refractivity contribution >= 4 is 17.3 Å². The Hall–Kier alpha value is -2.11. The van der Waals surface area contributed by atoms with Gasteiger partial charge in [-0.1, -0.05) is 12.1 Å². The van der Waals surface area contributed by atoms with Crippen LogP contribution in [0.1, 0.15) is 12.5 Å². The van der Waals surface area contributed by atoms with Crippen LogP contribution in [0.3, 0.4) is 0 Å². The fourth-order valence-corrected chi connectivity index (χ4v) is 1.49. The Morgan fingerprint density at radius 3 is 2.71 bits per heavy atom. The van der Waals surface area contributed by atoms with Gasteiger partial charge in [0.25, 0.3) is 5.69 Å². The molecule has 1 unspecified atom stereocenters. The maximum atomic E-state index is 11.2. The molecule has 0 aliphatic rings. The Kier molecular flexibility index (Phi) is 4.03. The Morgan fingerprint density at radius 2 is 2.18 bits per heavy atom. The Labute approximate surface area is 98.7 Å². The van der Waals surface area contributed by atoms with Crippen molar-refractivity contribution in [2.45, 2.75) is 19.9 Å². The number of nitro groups is 1. The third-order valence-electron chi connectivity index (χ3n) is 2.35. The van der Waals surface area contributed by atoms with E-state index in [1.807, 2.05) is 0 Å². The van der Waals surface area contributed by atoms with E-state index >= 15 is 0 Å². The van der Waals surface area contributed by atoms with Crippen LogP contribution in [0.15, 0.2) is 18.2 Å². The van der Waals surface area contributed by atoms with Gasteiger partial charge in [0.05, 0.1) is 12.0 Å². The van der Waals surface area contributed by atoms with E-state index < -0.39 is 16.9 Å². The molecule has 0 saturated carbocycles. The van der Waals surface area contributed by atoms with Gasteiger partial charge >= 0.3 is 5.97 Å². The van der Waals surface area contributed by atoms with Crippen molar-refractivity contribution in [3.8, 4) is 0 Å². The predicted molar refractivity (Wildman–Crippen MR) is 62.9 cm³/mol. The van der Waals surface area contributed by atoms with E-state index in [-0.39, 0.29) is 5.69 Å². The van der Waals surface area contributed by atoms with Gasteiger partial charge in [0, 0.05) is 5.56 Å². The van der Waals surface area contributed by atoms with Crippen LogP contribution in [0.2, 0.25) is 0 Å². The van der Waals surface area contributed by atoms with Crippen molar-refractivity contribution in [1.29, 1.82) is 0 Å². The zero-order valence-corrected chi connectivity index (χ0v) is 9.89. The number of hydrogen-bond donors (Lipinski definition) is 1. The number of aryl methyl sites for hydroxylation is 1. The van der Waals surface area contributed by atoms with Gasteiger partial charge in [-0.25, -0.2) is 4.79 Å². The van der Waals surface area contributed by atoms with Crippen molar-refractivity contribution in [3.63, 3.8) is 0 Å². The quantitative estimate of drug-likeness (QED) is 0.492. The van der Waals surface area contributed by atoms with Crippen LogP contribution in [-0.4, -0.2) is 24.0 Å². The molecule has 0 spiro atoms. The molecule has 92 valence electrons. The maximum absolute atomic E-state index is 11.2. The lowest BCUT2D eigenvalue weighted by Gasteiger charge is -2.13. The van der Waals surface area contributed by atoms with Gasteiger partial charge in [-0.2, -0.15) is 0 Å². The Bertz CT molecular complexity index is 445.